The van der Waals surface area contributed by atoms with Crippen molar-refractivity contribution in [2.24, 2.45) is 0 Å². The zero-order valence-corrected chi connectivity index (χ0v) is 14.1. The zero-order chi connectivity index (χ0) is 18.1. The van der Waals surface area contributed by atoms with Crippen LogP contribution in [0.1, 0.15) is 13.3 Å². The minimum absolute atomic E-state index is 0.0502. The standard InChI is InChI=1S/C15H16FN7O3/c1-8(11-3-9(16)7-23(11)2)24-14-4-10(12-5-17-21-25-12)19-15(20-14)13-6-18-22-26-13/h4-6,8-9,11H,3,7H2,1-2H3/t8-,9-,11-/m0/s1. The lowest BCUT2D eigenvalue weighted by Crippen LogP contribution is -2.38. The Morgan fingerprint density at radius 1 is 1.19 bits per heavy atom. The van der Waals surface area contributed by atoms with Crippen LogP contribution >= 0.6 is 0 Å². The molecule has 0 aromatic carbocycles. The third kappa shape index (κ3) is 3.25. The van der Waals surface area contributed by atoms with Gasteiger partial charge >= 0.3 is 0 Å². The van der Waals surface area contributed by atoms with Crippen LogP contribution in [-0.4, -0.2) is 67.5 Å². The fraction of sp³-hybridized carbons (Fsp3) is 0.467. The fourth-order valence-corrected chi connectivity index (χ4v) is 3.05. The molecule has 26 heavy (non-hydrogen) atoms. The number of ether oxygens (including phenoxy) is 1. The molecule has 0 spiro atoms. The molecule has 3 aromatic rings. The van der Waals surface area contributed by atoms with Gasteiger partial charge in [-0.15, -0.1) is 10.2 Å². The maximum atomic E-state index is 13.6. The minimum atomic E-state index is -0.854. The van der Waals surface area contributed by atoms with Gasteiger partial charge in [-0.2, -0.15) is 4.98 Å². The Labute approximate surface area is 147 Å². The molecule has 3 atom stereocenters. The van der Waals surface area contributed by atoms with Gasteiger partial charge in [0.2, 0.25) is 23.2 Å². The van der Waals surface area contributed by atoms with E-state index in [2.05, 4.69) is 30.7 Å². The summed E-state index contributed by atoms with van der Waals surface area (Å²) in [6.45, 7) is 2.28. The molecule has 0 saturated carbocycles. The van der Waals surface area contributed by atoms with E-state index in [1.807, 2.05) is 18.9 Å². The summed E-state index contributed by atoms with van der Waals surface area (Å²) in [5.74, 6) is 1.15. The Kier molecular flexibility index (Phi) is 4.29. The molecule has 1 aliphatic heterocycles. The number of likely N-dealkylation sites (tertiary alicyclic amines) is 1. The Morgan fingerprint density at radius 3 is 2.54 bits per heavy atom. The Morgan fingerprint density at radius 2 is 1.92 bits per heavy atom. The summed E-state index contributed by atoms with van der Waals surface area (Å²) in [7, 11) is 1.88. The minimum Gasteiger partial charge on any atom is -0.473 e. The van der Waals surface area contributed by atoms with Gasteiger partial charge in [-0.1, -0.05) is 0 Å². The summed E-state index contributed by atoms with van der Waals surface area (Å²) in [5, 5.41) is 14.1. The second-order valence-electron chi connectivity index (χ2n) is 6.14. The van der Waals surface area contributed by atoms with Crippen LogP contribution < -0.4 is 4.74 Å². The van der Waals surface area contributed by atoms with Crippen molar-refractivity contribution in [3.8, 4) is 28.9 Å². The number of hydrogen-bond acceptors (Lipinski definition) is 10. The smallest absolute Gasteiger partial charge is 0.224 e. The first-order valence-electron chi connectivity index (χ1n) is 8.05. The summed E-state index contributed by atoms with van der Waals surface area (Å²) in [6.07, 6.45) is 2.10. The van der Waals surface area contributed by atoms with Gasteiger partial charge in [0.15, 0.2) is 0 Å². The van der Waals surface area contributed by atoms with E-state index in [1.54, 1.807) is 6.07 Å². The van der Waals surface area contributed by atoms with Crippen molar-refractivity contribution < 1.29 is 18.2 Å². The molecule has 0 amide bonds. The average Bonchev–Trinajstić information content (AvgIpc) is 3.36. The lowest BCUT2D eigenvalue weighted by atomic mass is 10.1. The fourth-order valence-electron chi connectivity index (χ4n) is 3.05. The predicted molar refractivity (Wildman–Crippen MR) is 84.6 cm³/mol. The van der Waals surface area contributed by atoms with Gasteiger partial charge in [0.25, 0.3) is 0 Å². The molecule has 0 radical (unpaired) electrons. The lowest BCUT2D eigenvalue weighted by molar-refractivity contribution is 0.117. The van der Waals surface area contributed by atoms with Gasteiger partial charge in [0, 0.05) is 29.2 Å². The highest BCUT2D eigenvalue weighted by atomic mass is 19.1. The Bertz CT molecular complexity index is 806. The van der Waals surface area contributed by atoms with E-state index in [0.717, 1.165) is 0 Å². The van der Waals surface area contributed by atoms with Crippen molar-refractivity contribution >= 4 is 0 Å². The topological polar surface area (TPSA) is 116 Å². The molecule has 1 fully saturated rings. The first-order chi connectivity index (χ1) is 12.6. The van der Waals surface area contributed by atoms with Crippen molar-refractivity contribution in [1.29, 1.82) is 0 Å². The Balaban J connectivity index is 1.64. The number of aromatic nitrogens is 6. The first-order valence-corrected chi connectivity index (χ1v) is 8.05. The number of likely N-dealkylation sites (N-methyl/N-ethyl adjacent to an activating group) is 1. The van der Waals surface area contributed by atoms with E-state index in [0.29, 0.717) is 30.3 Å². The number of hydrogen-bond donors (Lipinski definition) is 0. The monoisotopic (exact) mass is 361 g/mol. The van der Waals surface area contributed by atoms with Crippen LogP contribution in [0.25, 0.3) is 23.0 Å². The summed E-state index contributed by atoms with van der Waals surface area (Å²) in [6, 6.07) is 1.55. The molecule has 4 heterocycles. The van der Waals surface area contributed by atoms with Crippen LogP contribution in [0, 0.1) is 0 Å². The van der Waals surface area contributed by atoms with Crippen molar-refractivity contribution in [2.75, 3.05) is 13.6 Å². The maximum Gasteiger partial charge on any atom is 0.224 e. The Hall–Kier alpha value is -2.95. The number of nitrogens with zero attached hydrogens (tertiary/aromatic N) is 7. The highest BCUT2D eigenvalue weighted by molar-refractivity contribution is 5.57. The summed E-state index contributed by atoms with van der Waals surface area (Å²) >= 11 is 0. The molecule has 0 bridgehead atoms. The number of halogens is 1. The maximum absolute atomic E-state index is 13.6. The van der Waals surface area contributed by atoms with Crippen molar-refractivity contribution in [1.82, 2.24) is 35.6 Å². The molecule has 0 N–H and O–H groups in total. The van der Waals surface area contributed by atoms with Crippen LogP contribution in [0.4, 0.5) is 4.39 Å². The van der Waals surface area contributed by atoms with E-state index in [1.165, 1.54) is 12.4 Å². The first kappa shape index (κ1) is 16.5. The second kappa shape index (κ2) is 6.75. The molecule has 0 aliphatic carbocycles. The van der Waals surface area contributed by atoms with E-state index in [9.17, 15) is 4.39 Å². The quantitative estimate of drug-likeness (QED) is 0.660. The van der Waals surface area contributed by atoms with Gasteiger partial charge in [-0.3, -0.25) is 4.90 Å². The van der Waals surface area contributed by atoms with Gasteiger partial charge < -0.3 is 13.8 Å². The average molecular weight is 361 g/mol. The summed E-state index contributed by atoms with van der Waals surface area (Å²) < 4.78 is 29.7. The molecule has 4 rings (SSSR count). The molecule has 1 saturated heterocycles. The van der Waals surface area contributed by atoms with E-state index < -0.39 is 6.17 Å². The van der Waals surface area contributed by atoms with E-state index in [4.69, 9.17) is 13.8 Å². The van der Waals surface area contributed by atoms with Crippen molar-refractivity contribution in [2.45, 2.75) is 31.7 Å². The molecular weight excluding hydrogens is 345 g/mol. The lowest BCUT2D eigenvalue weighted by Gasteiger charge is -2.26. The molecule has 0 unspecified atom stereocenters. The molecular formula is C15H16FN7O3. The van der Waals surface area contributed by atoms with Crippen LogP contribution in [-0.2, 0) is 0 Å². The molecule has 136 valence electrons. The highest BCUT2D eigenvalue weighted by Gasteiger charge is 2.34. The van der Waals surface area contributed by atoms with Gasteiger partial charge in [-0.25, -0.2) is 9.37 Å². The third-order valence-corrected chi connectivity index (χ3v) is 4.30. The summed E-state index contributed by atoms with van der Waals surface area (Å²) in [4.78, 5) is 10.6. The van der Waals surface area contributed by atoms with Crippen LogP contribution in [0.15, 0.2) is 27.5 Å². The SMILES string of the molecule is C[C@H](Oc1cc(-c2cnno2)nc(-c2cnno2)n1)[C@@H]1C[C@H](F)CN1C. The van der Waals surface area contributed by atoms with Crippen molar-refractivity contribution in [3.63, 3.8) is 0 Å². The predicted octanol–water partition coefficient (Wildman–Crippen LogP) is 1.39. The van der Waals surface area contributed by atoms with Gasteiger partial charge in [0.1, 0.15) is 30.4 Å². The number of rotatable bonds is 5. The van der Waals surface area contributed by atoms with Gasteiger partial charge in [0.05, 0.1) is 0 Å². The summed E-state index contributed by atoms with van der Waals surface area (Å²) in [5.41, 5.74) is 0.418. The largest absolute Gasteiger partial charge is 0.473 e. The van der Waals surface area contributed by atoms with Crippen LogP contribution in [0.3, 0.4) is 0 Å². The second-order valence-corrected chi connectivity index (χ2v) is 6.14. The van der Waals surface area contributed by atoms with Crippen LogP contribution in [0.5, 0.6) is 5.88 Å². The molecule has 11 heteroatoms. The van der Waals surface area contributed by atoms with Crippen LogP contribution in [0.2, 0.25) is 0 Å². The molecule has 10 nitrogen and oxygen atoms in total. The van der Waals surface area contributed by atoms with Crippen molar-refractivity contribution in [3.05, 3.63) is 18.5 Å². The van der Waals surface area contributed by atoms with E-state index >= 15 is 0 Å². The normalized spacial score (nSPS) is 21.8. The highest BCUT2D eigenvalue weighted by Crippen LogP contribution is 2.27. The third-order valence-electron chi connectivity index (χ3n) is 4.30. The van der Waals surface area contributed by atoms with E-state index in [-0.39, 0.29) is 23.7 Å². The van der Waals surface area contributed by atoms with Gasteiger partial charge in [-0.05, 0) is 20.4 Å². The molecule has 3 aromatic heterocycles. The number of alkyl halides is 1. The molecule has 1 aliphatic rings. The zero-order valence-electron chi connectivity index (χ0n) is 14.1.